The molecule has 174 valence electrons. The van der Waals surface area contributed by atoms with Crippen LogP contribution in [-0.4, -0.2) is 10.1 Å². The van der Waals surface area contributed by atoms with E-state index in [1.165, 1.54) is 24.3 Å². The van der Waals surface area contributed by atoms with E-state index in [0.717, 1.165) is 41.9 Å². The van der Waals surface area contributed by atoms with Gasteiger partial charge in [-0.2, -0.15) is 13.2 Å². The first kappa shape index (κ1) is 23.2. The summed E-state index contributed by atoms with van der Waals surface area (Å²) in [6, 6.07) is 10.7. The van der Waals surface area contributed by atoms with E-state index in [-0.39, 0.29) is 24.1 Å². The Morgan fingerprint density at radius 3 is 2.52 bits per heavy atom. The fourth-order valence-electron chi connectivity index (χ4n) is 4.35. The molecule has 0 amide bonds. The lowest BCUT2D eigenvalue weighted by molar-refractivity contribution is -0.137. The summed E-state index contributed by atoms with van der Waals surface area (Å²) in [5.74, 6) is -0.287. The molecule has 1 aliphatic carbocycles. The van der Waals surface area contributed by atoms with Gasteiger partial charge in [-0.3, -0.25) is 4.98 Å². The summed E-state index contributed by atoms with van der Waals surface area (Å²) in [6.07, 6.45) is -3.09. The molecule has 4 rings (SSSR count). The summed E-state index contributed by atoms with van der Waals surface area (Å²) in [5, 5.41) is 10.8. The highest BCUT2D eigenvalue weighted by Crippen LogP contribution is 2.42. The smallest absolute Gasteiger partial charge is 0.416 e. The summed E-state index contributed by atoms with van der Waals surface area (Å²) in [7, 11) is 0. The zero-order valence-electron chi connectivity index (χ0n) is 18.4. The SMILES string of the molecule is CC(C)c1nc2c(c(-c3ccc(F)cc3)c1COc1cccc(C(F)(F)F)c1)C(O)CCC2. The van der Waals surface area contributed by atoms with Crippen molar-refractivity contribution in [3.63, 3.8) is 0 Å². The number of nitrogens with zero attached hydrogens (tertiary/aromatic N) is 1. The molecule has 0 aliphatic heterocycles. The van der Waals surface area contributed by atoms with Crippen LogP contribution in [0.5, 0.6) is 5.75 Å². The van der Waals surface area contributed by atoms with Gasteiger partial charge in [0.25, 0.3) is 0 Å². The highest BCUT2D eigenvalue weighted by molar-refractivity contribution is 5.74. The van der Waals surface area contributed by atoms with Crippen molar-refractivity contribution in [3.8, 4) is 16.9 Å². The van der Waals surface area contributed by atoms with E-state index in [9.17, 15) is 22.7 Å². The zero-order valence-corrected chi connectivity index (χ0v) is 18.4. The molecule has 3 aromatic rings. The Kier molecular flexibility index (Phi) is 6.43. The van der Waals surface area contributed by atoms with E-state index in [0.29, 0.717) is 23.1 Å². The molecule has 3 nitrogen and oxygen atoms in total. The first-order valence-corrected chi connectivity index (χ1v) is 10.9. The predicted octanol–water partition coefficient (Wildman–Crippen LogP) is 6.98. The van der Waals surface area contributed by atoms with Crippen molar-refractivity contribution in [1.82, 2.24) is 4.98 Å². The van der Waals surface area contributed by atoms with Gasteiger partial charge in [-0.15, -0.1) is 0 Å². The average molecular weight is 459 g/mol. The second-order valence-corrected chi connectivity index (χ2v) is 8.59. The first-order valence-electron chi connectivity index (χ1n) is 10.9. The van der Waals surface area contributed by atoms with Gasteiger partial charge in [0.05, 0.1) is 17.4 Å². The number of pyridine rings is 1. The number of fused-ring (bicyclic) bond motifs is 1. The number of ether oxygens (including phenoxy) is 1. The van der Waals surface area contributed by atoms with Gasteiger partial charge >= 0.3 is 6.18 Å². The van der Waals surface area contributed by atoms with Gasteiger partial charge in [0.15, 0.2) is 0 Å². The van der Waals surface area contributed by atoms with Crippen LogP contribution in [0, 0.1) is 5.82 Å². The molecule has 0 saturated heterocycles. The van der Waals surface area contributed by atoms with Crippen molar-refractivity contribution in [2.45, 2.75) is 57.9 Å². The van der Waals surface area contributed by atoms with Gasteiger partial charge in [-0.1, -0.05) is 32.0 Å². The minimum atomic E-state index is -4.47. The molecule has 1 atom stereocenters. The average Bonchev–Trinajstić information content (AvgIpc) is 2.77. The number of hydrogen-bond acceptors (Lipinski definition) is 3. The number of rotatable bonds is 5. The molecule has 1 heterocycles. The van der Waals surface area contributed by atoms with Gasteiger partial charge in [-0.05, 0) is 66.6 Å². The van der Waals surface area contributed by atoms with Gasteiger partial charge < -0.3 is 9.84 Å². The Balaban J connectivity index is 1.84. The molecule has 2 aromatic carbocycles. The number of halogens is 4. The number of benzene rings is 2. The molecular weight excluding hydrogens is 434 g/mol. The van der Waals surface area contributed by atoms with Crippen LogP contribution in [0.1, 0.15) is 66.8 Å². The fourth-order valence-corrected chi connectivity index (χ4v) is 4.35. The summed E-state index contributed by atoms with van der Waals surface area (Å²) in [4.78, 5) is 4.84. The van der Waals surface area contributed by atoms with Crippen molar-refractivity contribution < 1.29 is 27.4 Å². The fraction of sp³-hybridized carbons (Fsp3) is 0.346. The third-order valence-electron chi connectivity index (χ3n) is 5.90. The van der Waals surface area contributed by atoms with Crippen LogP contribution in [0.25, 0.3) is 11.1 Å². The second kappa shape index (κ2) is 9.14. The maximum absolute atomic E-state index is 13.7. The topological polar surface area (TPSA) is 42.4 Å². The Hall–Kier alpha value is -2.93. The highest BCUT2D eigenvalue weighted by Gasteiger charge is 2.31. The molecule has 1 aromatic heterocycles. The van der Waals surface area contributed by atoms with Crippen molar-refractivity contribution in [2.24, 2.45) is 0 Å². The summed E-state index contributed by atoms with van der Waals surface area (Å²) in [6.45, 7) is 3.93. The maximum Gasteiger partial charge on any atom is 0.416 e. The first-order chi connectivity index (χ1) is 15.6. The molecule has 1 aliphatic rings. The van der Waals surface area contributed by atoms with Crippen LogP contribution in [0.2, 0.25) is 0 Å². The maximum atomic E-state index is 13.7. The number of alkyl halides is 3. The number of hydrogen-bond donors (Lipinski definition) is 1. The van der Waals surface area contributed by atoms with E-state index in [1.54, 1.807) is 12.1 Å². The minimum Gasteiger partial charge on any atom is -0.489 e. The predicted molar refractivity (Wildman–Crippen MR) is 117 cm³/mol. The standard InChI is InChI=1S/C26H25F4NO2/c1-15(2)25-20(14-33-19-6-3-5-17(13-19)26(28,29)30)23(16-9-11-18(27)12-10-16)24-21(31-25)7-4-8-22(24)32/h3,5-6,9-13,15,22,32H,4,7-8,14H2,1-2H3. The van der Waals surface area contributed by atoms with Crippen LogP contribution < -0.4 is 4.74 Å². The van der Waals surface area contributed by atoms with Gasteiger partial charge in [0, 0.05) is 16.8 Å². The molecular formula is C26H25F4NO2. The molecule has 0 spiro atoms. The Morgan fingerprint density at radius 1 is 1.12 bits per heavy atom. The monoisotopic (exact) mass is 459 g/mol. The molecule has 0 radical (unpaired) electrons. The lowest BCUT2D eigenvalue weighted by Gasteiger charge is -2.28. The quantitative estimate of drug-likeness (QED) is 0.419. The van der Waals surface area contributed by atoms with Crippen molar-refractivity contribution in [1.29, 1.82) is 0 Å². The Bertz CT molecular complexity index is 1140. The lowest BCUT2D eigenvalue weighted by atomic mass is 9.83. The zero-order chi connectivity index (χ0) is 23.8. The molecule has 1 unspecified atom stereocenters. The Labute approximate surface area is 190 Å². The molecule has 33 heavy (non-hydrogen) atoms. The molecule has 1 N–H and O–H groups in total. The van der Waals surface area contributed by atoms with E-state index in [1.807, 2.05) is 13.8 Å². The van der Waals surface area contributed by atoms with E-state index >= 15 is 0 Å². The van der Waals surface area contributed by atoms with Crippen LogP contribution in [0.15, 0.2) is 48.5 Å². The molecule has 0 bridgehead atoms. The van der Waals surface area contributed by atoms with E-state index in [2.05, 4.69) is 0 Å². The van der Waals surface area contributed by atoms with Crippen molar-refractivity contribution in [3.05, 3.63) is 82.4 Å². The van der Waals surface area contributed by atoms with Crippen LogP contribution in [0.4, 0.5) is 17.6 Å². The third-order valence-corrected chi connectivity index (χ3v) is 5.90. The number of aryl methyl sites for hydroxylation is 1. The van der Waals surface area contributed by atoms with Gasteiger partial charge in [0.2, 0.25) is 0 Å². The summed E-state index contributed by atoms with van der Waals surface area (Å²) >= 11 is 0. The second-order valence-electron chi connectivity index (χ2n) is 8.59. The molecule has 0 saturated carbocycles. The van der Waals surface area contributed by atoms with Gasteiger partial charge in [0.1, 0.15) is 18.2 Å². The summed E-state index contributed by atoms with van der Waals surface area (Å²) in [5.41, 5.74) is 3.59. The number of aromatic nitrogens is 1. The highest BCUT2D eigenvalue weighted by atomic mass is 19.4. The van der Waals surface area contributed by atoms with Crippen LogP contribution >= 0.6 is 0 Å². The minimum absolute atomic E-state index is 0.00803. The summed E-state index contributed by atoms with van der Waals surface area (Å²) < 4.78 is 58.9. The third kappa shape index (κ3) is 4.88. The van der Waals surface area contributed by atoms with Crippen LogP contribution in [0.3, 0.4) is 0 Å². The normalized spacial score (nSPS) is 16.1. The number of aliphatic hydroxyl groups excluding tert-OH is 1. The number of aliphatic hydroxyl groups is 1. The van der Waals surface area contributed by atoms with Crippen LogP contribution in [-0.2, 0) is 19.2 Å². The van der Waals surface area contributed by atoms with Crippen molar-refractivity contribution in [2.75, 3.05) is 0 Å². The largest absolute Gasteiger partial charge is 0.489 e. The van der Waals surface area contributed by atoms with Crippen molar-refractivity contribution >= 4 is 0 Å². The Morgan fingerprint density at radius 2 is 1.85 bits per heavy atom. The van der Waals surface area contributed by atoms with Gasteiger partial charge in [-0.25, -0.2) is 4.39 Å². The van der Waals surface area contributed by atoms with E-state index in [4.69, 9.17) is 9.72 Å². The van der Waals surface area contributed by atoms with E-state index < -0.39 is 17.8 Å². The molecule has 0 fully saturated rings. The lowest BCUT2D eigenvalue weighted by Crippen LogP contribution is -2.18. The molecule has 7 heteroatoms.